The van der Waals surface area contributed by atoms with Crippen LogP contribution in [0.25, 0.3) is 0 Å². The van der Waals surface area contributed by atoms with Crippen LogP contribution in [0.15, 0.2) is 23.2 Å². The average molecular weight is 271 g/mol. The molecule has 2 rings (SSSR count). The number of halogens is 1. The van der Waals surface area contributed by atoms with Crippen LogP contribution in [0.5, 0.6) is 5.75 Å². The third kappa shape index (κ3) is 3.54. The lowest BCUT2D eigenvalue weighted by molar-refractivity contribution is 0.340. The normalized spacial score (nSPS) is 14.4. The molecule has 0 saturated heterocycles. The Morgan fingerprint density at radius 2 is 2.41 bits per heavy atom. The van der Waals surface area contributed by atoms with Crippen molar-refractivity contribution in [3.05, 3.63) is 28.8 Å². The minimum Gasteiger partial charge on any atom is -0.492 e. The van der Waals surface area contributed by atoms with Crippen LogP contribution < -0.4 is 10.1 Å². The van der Waals surface area contributed by atoms with Crippen LogP contribution in [0.1, 0.15) is 12.5 Å². The molecule has 92 valence electrons. The summed E-state index contributed by atoms with van der Waals surface area (Å²) in [6, 6.07) is 5.92. The van der Waals surface area contributed by atoms with Crippen molar-refractivity contribution in [3.8, 4) is 5.75 Å². The summed E-state index contributed by atoms with van der Waals surface area (Å²) in [7, 11) is 0. The molecular formula is C12H15ClN2OS. The highest BCUT2D eigenvalue weighted by Gasteiger charge is 2.07. The maximum Gasteiger partial charge on any atom is 0.157 e. The second-order valence-corrected chi connectivity index (χ2v) is 4.97. The molecule has 0 radical (unpaired) electrons. The topological polar surface area (TPSA) is 33.6 Å². The van der Waals surface area contributed by atoms with E-state index in [4.69, 9.17) is 16.3 Å². The van der Waals surface area contributed by atoms with Gasteiger partial charge in [-0.05, 0) is 24.6 Å². The van der Waals surface area contributed by atoms with E-state index in [1.54, 1.807) is 11.8 Å². The van der Waals surface area contributed by atoms with Gasteiger partial charge in [-0.3, -0.25) is 4.99 Å². The first-order valence-electron chi connectivity index (χ1n) is 5.62. The first kappa shape index (κ1) is 12.6. The number of thioether (sulfide) groups is 1. The van der Waals surface area contributed by atoms with Crippen LogP contribution in [-0.4, -0.2) is 24.9 Å². The Bertz CT molecular complexity index is 423. The lowest BCUT2D eigenvalue weighted by Gasteiger charge is -2.07. The molecule has 0 aliphatic carbocycles. The fraction of sp³-hybridized carbons (Fsp3) is 0.417. The van der Waals surface area contributed by atoms with Gasteiger partial charge in [0.1, 0.15) is 5.75 Å². The summed E-state index contributed by atoms with van der Waals surface area (Å²) in [5.41, 5.74) is 1.18. The van der Waals surface area contributed by atoms with Crippen molar-refractivity contribution in [1.82, 2.24) is 5.32 Å². The third-order valence-corrected chi connectivity index (χ3v) is 3.64. The SMILES string of the molecule is CCOc1ccc(CSC2=NCCN2)cc1Cl. The van der Waals surface area contributed by atoms with E-state index in [0.717, 1.165) is 29.8 Å². The number of rotatable bonds is 4. The van der Waals surface area contributed by atoms with Crippen molar-refractivity contribution in [1.29, 1.82) is 0 Å². The van der Waals surface area contributed by atoms with Gasteiger partial charge in [0.05, 0.1) is 18.2 Å². The zero-order chi connectivity index (χ0) is 12.1. The molecule has 0 fully saturated rings. The zero-order valence-electron chi connectivity index (χ0n) is 9.70. The summed E-state index contributed by atoms with van der Waals surface area (Å²) in [6.07, 6.45) is 0. The predicted octanol–water partition coefficient (Wildman–Crippen LogP) is 2.93. The van der Waals surface area contributed by atoms with E-state index in [2.05, 4.69) is 10.3 Å². The monoisotopic (exact) mass is 270 g/mol. The van der Waals surface area contributed by atoms with Crippen molar-refractivity contribution < 1.29 is 4.74 Å². The number of amidine groups is 1. The molecule has 0 aromatic heterocycles. The Morgan fingerprint density at radius 3 is 3.06 bits per heavy atom. The van der Waals surface area contributed by atoms with E-state index in [-0.39, 0.29) is 0 Å². The van der Waals surface area contributed by atoms with Crippen LogP contribution >= 0.6 is 23.4 Å². The summed E-state index contributed by atoms with van der Waals surface area (Å²) >= 11 is 7.83. The van der Waals surface area contributed by atoms with Gasteiger partial charge >= 0.3 is 0 Å². The molecule has 5 heteroatoms. The molecule has 0 spiro atoms. The molecule has 17 heavy (non-hydrogen) atoms. The maximum absolute atomic E-state index is 6.12. The number of ether oxygens (including phenoxy) is 1. The van der Waals surface area contributed by atoms with Crippen LogP contribution in [0, 0.1) is 0 Å². The Balaban J connectivity index is 1.94. The molecule has 1 aromatic carbocycles. The summed E-state index contributed by atoms with van der Waals surface area (Å²) in [5.74, 6) is 1.62. The molecule has 0 atom stereocenters. The minimum absolute atomic E-state index is 0.633. The van der Waals surface area contributed by atoms with E-state index >= 15 is 0 Å². The van der Waals surface area contributed by atoms with Crippen molar-refractivity contribution in [2.45, 2.75) is 12.7 Å². The van der Waals surface area contributed by atoms with Crippen LogP contribution in [0.2, 0.25) is 5.02 Å². The second-order valence-electron chi connectivity index (χ2n) is 3.60. The minimum atomic E-state index is 0.633. The first-order valence-corrected chi connectivity index (χ1v) is 6.98. The van der Waals surface area contributed by atoms with Gasteiger partial charge in [0.25, 0.3) is 0 Å². The van der Waals surface area contributed by atoms with Crippen molar-refractivity contribution >= 4 is 28.5 Å². The fourth-order valence-corrected chi connectivity index (χ4v) is 2.66. The lowest BCUT2D eigenvalue weighted by Crippen LogP contribution is -2.14. The van der Waals surface area contributed by atoms with Gasteiger partial charge in [-0.1, -0.05) is 29.4 Å². The average Bonchev–Trinajstić information content (AvgIpc) is 2.83. The summed E-state index contributed by atoms with van der Waals surface area (Å²) < 4.78 is 5.39. The van der Waals surface area contributed by atoms with E-state index < -0.39 is 0 Å². The fourth-order valence-electron chi connectivity index (χ4n) is 1.53. The Hall–Kier alpha value is -0.870. The number of nitrogens with one attached hydrogen (secondary N) is 1. The Kier molecular flexibility index (Phi) is 4.57. The van der Waals surface area contributed by atoms with Crippen molar-refractivity contribution in [2.75, 3.05) is 19.7 Å². The summed E-state index contributed by atoms with van der Waals surface area (Å²) in [6.45, 7) is 4.41. The number of aliphatic imine (C=N–C) groups is 1. The van der Waals surface area contributed by atoms with Gasteiger partial charge < -0.3 is 10.1 Å². The quantitative estimate of drug-likeness (QED) is 0.913. The molecule has 0 unspecified atom stereocenters. The van der Waals surface area contributed by atoms with E-state index in [1.165, 1.54) is 5.56 Å². The standard InChI is InChI=1S/C12H15ClN2OS/c1-2-16-11-4-3-9(7-10(11)13)8-17-12-14-5-6-15-12/h3-4,7H,2,5-6,8H2,1H3,(H,14,15). The molecule has 1 aromatic rings. The number of hydrogen-bond acceptors (Lipinski definition) is 4. The largest absolute Gasteiger partial charge is 0.492 e. The molecule has 1 aliphatic rings. The van der Waals surface area contributed by atoms with Gasteiger partial charge in [0.2, 0.25) is 0 Å². The predicted molar refractivity (Wildman–Crippen MR) is 74.2 cm³/mol. The summed E-state index contributed by atoms with van der Waals surface area (Å²) in [5, 5.41) is 4.92. The van der Waals surface area contributed by atoms with E-state index in [0.29, 0.717) is 11.6 Å². The molecule has 1 N–H and O–H groups in total. The highest BCUT2D eigenvalue weighted by molar-refractivity contribution is 8.13. The Morgan fingerprint density at radius 1 is 1.53 bits per heavy atom. The zero-order valence-corrected chi connectivity index (χ0v) is 11.3. The van der Waals surface area contributed by atoms with Crippen molar-refractivity contribution in [2.24, 2.45) is 4.99 Å². The highest BCUT2D eigenvalue weighted by Crippen LogP contribution is 2.27. The maximum atomic E-state index is 6.12. The van der Waals surface area contributed by atoms with Gasteiger partial charge in [-0.2, -0.15) is 0 Å². The number of hydrogen-bond donors (Lipinski definition) is 1. The van der Waals surface area contributed by atoms with Gasteiger partial charge in [-0.15, -0.1) is 0 Å². The second kappa shape index (κ2) is 6.17. The van der Waals surface area contributed by atoms with Crippen LogP contribution in [0.4, 0.5) is 0 Å². The molecule has 0 saturated carbocycles. The molecule has 3 nitrogen and oxygen atoms in total. The van der Waals surface area contributed by atoms with Crippen molar-refractivity contribution in [3.63, 3.8) is 0 Å². The molecule has 1 aliphatic heterocycles. The molecule has 1 heterocycles. The van der Waals surface area contributed by atoms with Gasteiger partial charge in [-0.25, -0.2) is 0 Å². The number of benzene rings is 1. The molecule has 0 bridgehead atoms. The van der Waals surface area contributed by atoms with Crippen LogP contribution in [0.3, 0.4) is 0 Å². The van der Waals surface area contributed by atoms with E-state index in [1.807, 2.05) is 25.1 Å². The smallest absolute Gasteiger partial charge is 0.157 e. The summed E-state index contributed by atoms with van der Waals surface area (Å²) in [4.78, 5) is 4.33. The van der Waals surface area contributed by atoms with Gasteiger partial charge in [0, 0.05) is 12.3 Å². The number of nitrogens with zero attached hydrogens (tertiary/aromatic N) is 1. The van der Waals surface area contributed by atoms with Gasteiger partial charge in [0.15, 0.2) is 5.17 Å². The lowest BCUT2D eigenvalue weighted by atomic mass is 10.2. The third-order valence-electron chi connectivity index (χ3n) is 2.32. The Labute approximate surface area is 111 Å². The molecular weight excluding hydrogens is 256 g/mol. The highest BCUT2D eigenvalue weighted by atomic mass is 35.5. The molecule has 0 amide bonds. The van der Waals surface area contributed by atoms with E-state index in [9.17, 15) is 0 Å². The van der Waals surface area contributed by atoms with Crippen LogP contribution in [-0.2, 0) is 5.75 Å². The first-order chi connectivity index (χ1) is 8.29.